The number of hydrogen-bond acceptors (Lipinski definition) is 6. The summed E-state index contributed by atoms with van der Waals surface area (Å²) in [4.78, 5) is 44.6. The summed E-state index contributed by atoms with van der Waals surface area (Å²) in [6.07, 6.45) is 3.14. The number of morpholine rings is 1. The molecule has 8 heteroatoms. The Bertz CT molecular complexity index is 1100. The lowest BCUT2D eigenvalue weighted by Gasteiger charge is -2.34. The second kappa shape index (κ2) is 10.8. The van der Waals surface area contributed by atoms with Crippen LogP contribution >= 0.6 is 0 Å². The van der Waals surface area contributed by atoms with E-state index in [1.807, 2.05) is 4.90 Å². The highest BCUT2D eigenvalue weighted by atomic mass is 16.5. The zero-order chi connectivity index (χ0) is 25.1. The number of nitrogens with zero attached hydrogens (tertiary/aromatic N) is 3. The van der Waals surface area contributed by atoms with Crippen molar-refractivity contribution in [3.63, 3.8) is 0 Å². The van der Waals surface area contributed by atoms with Crippen molar-refractivity contribution < 1.29 is 23.9 Å². The van der Waals surface area contributed by atoms with E-state index in [-0.39, 0.29) is 24.3 Å². The molecule has 0 bridgehead atoms. The maximum absolute atomic E-state index is 13.5. The lowest BCUT2D eigenvalue weighted by atomic mass is 9.92. The fourth-order valence-corrected chi connectivity index (χ4v) is 5.37. The Morgan fingerprint density at radius 3 is 2.28 bits per heavy atom. The summed E-state index contributed by atoms with van der Waals surface area (Å²) >= 11 is 0. The predicted octanol–water partition coefficient (Wildman–Crippen LogP) is 3.07. The standard InChI is InChI=1S/C28H33N3O5/c1-35-25-7-6-21(19-31-27(33)22-4-2-3-5-23(22)28(31)34)18-24(25)26(32)30-12-9-20(10-13-30)8-11-29-14-16-36-17-15-29/h2-7,18,20H,8-17,19H2,1H3. The van der Waals surface area contributed by atoms with Crippen LogP contribution in [0.15, 0.2) is 42.5 Å². The molecule has 2 aromatic rings. The summed E-state index contributed by atoms with van der Waals surface area (Å²) in [6.45, 7) is 6.30. The molecule has 0 saturated carbocycles. The lowest BCUT2D eigenvalue weighted by Crippen LogP contribution is -2.41. The topological polar surface area (TPSA) is 79.4 Å². The second-order valence-corrected chi connectivity index (χ2v) is 9.75. The van der Waals surface area contributed by atoms with E-state index < -0.39 is 0 Å². The van der Waals surface area contributed by atoms with Crippen molar-refractivity contribution in [1.29, 1.82) is 0 Å². The molecule has 8 nitrogen and oxygen atoms in total. The molecule has 0 aromatic heterocycles. The number of likely N-dealkylation sites (tertiary alicyclic amines) is 1. The normalized spacial score (nSPS) is 19.0. The Kier molecular flexibility index (Phi) is 7.34. The molecular weight excluding hydrogens is 458 g/mol. The Morgan fingerprint density at radius 1 is 0.972 bits per heavy atom. The van der Waals surface area contributed by atoms with E-state index in [1.165, 1.54) is 4.90 Å². The molecule has 2 aromatic carbocycles. The minimum Gasteiger partial charge on any atom is -0.496 e. The van der Waals surface area contributed by atoms with E-state index in [4.69, 9.17) is 9.47 Å². The van der Waals surface area contributed by atoms with E-state index in [9.17, 15) is 14.4 Å². The maximum Gasteiger partial charge on any atom is 0.261 e. The van der Waals surface area contributed by atoms with Gasteiger partial charge in [0.25, 0.3) is 17.7 Å². The third-order valence-electron chi connectivity index (χ3n) is 7.57. The van der Waals surface area contributed by atoms with Gasteiger partial charge in [-0.2, -0.15) is 0 Å². The van der Waals surface area contributed by atoms with Crippen molar-refractivity contribution >= 4 is 17.7 Å². The average molecular weight is 492 g/mol. The molecule has 3 heterocycles. The highest BCUT2D eigenvalue weighted by Gasteiger charge is 2.35. The van der Waals surface area contributed by atoms with E-state index in [2.05, 4.69) is 4.90 Å². The minimum absolute atomic E-state index is 0.0670. The molecule has 3 aliphatic heterocycles. The van der Waals surface area contributed by atoms with Gasteiger partial charge in [0.1, 0.15) is 5.75 Å². The summed E-state index contributed by atoms with van der Waals surface area (Å²) in [6, 6.07) is 12.2. The molecule has 36 heavy (non-hydrogen) atoms. The van der Waals surface area contributed by atoms with E-state index in [0.717, 1.165) is 65.2 Å². The monoisotopic (exact) mass is 491 g/mol. The van der Waals surface area contributed by atoms with Crippen LogP contribution in [-0.2, 0) is 11.3 Å². The Balaban J connectivity index is 1.22. The molecule has 0 unspecified atom stereocenters. The van der Waals surface area contributed by atoms with Gasteiger partial charge >= 0.3 is 0 Å². The van der Waals surface area contributed by atoms with Gasteiger partial charge in [0.2, 0.25) is 0 Å². The van der Waals surface area contributed by atoms with Gasteiger partial charge in [0.15, 0.2) is 0 Å². The van der Waals surface area contributed by atoms with Crippen molar-refractivity contribution in [2.24, 2.45) is 5.92 Å². The van der Waals surface area contributed by atoms with Gasteiger partial charge in [-0.05, 0) is 61.6 Å². The minimum atomic E-state index is -0.307. The highest BCUT2D eigenvalue weighted by molar-refractivity contribution is 6.21. The molecule has 2 saturated heterocycles. The van der Waals surface area contributed by atoms with Gasteiger partial charge in [-0.15, -0.1) is 0 Å². The summed E-state index contributed by atoms with van der Waals surface area (Å²) in [7, 11) is 1.55. The van der Waals surface area contributed by atoms with Crippen molar-refractivity contribution in [1.82, 2.24) is 14.7 Å². The summed E-state index contributed by atoms with van der Waals surface area (Å²) in [5, 5.41) is 0. The molecule has 190 valence electrons. The number of benzene rings is 2. The SMILES string of the molecule is COc1ccc(CN2C(=O)c3ccccc3C2=O)cc1C(=O)N1CCC(CCN2CCOCC2)CC1. The number of hydrogen-bond donors (Lipinski definition) is 0. The molecule has 0 aliphatic carbocycles. The quantitative estimate of drug-likeness (QED) is 0.554. The van der Waals surface area contributed by atoms with Gasteiger partial charge in [0.05, 0.1) is 43.6 Å². The molecule has 0 spiro atoms. The van der Waals surface area contributed by atoms with Crippen LogP contribution < -0.4 is 4.74 Å². The molecule has 2 fully saturated rings. The van der Waals surface area contributed by atoms with Crippen molar-refractivity contribution in [2.45, 2.75) is 25.8 Å². The van der Waals surface area contributed by atoms with Crippen LogP contribution in [0.1, 0.15) is 55.9 Å². The zero-order valence-corrected chi connectivity index (χ0v) is 20.8. The smallest absolute Gasteiger partial charge is 0.261 e. The number of imide groups is 1. The van der Waals surface area contributed by atoms with Crippen LogP contribution in [0.25, 0.3) is 0 Å². The molecule has 0 atom stereocenters. The maximum atomic E-state index is 13.5. The van der Waals surface area contributed by atoms with Crippen LogP contribution in [0.2, 0.25) is 0 Å². The summed E-state index contributed by atoms with van der Waals surface area (Å²) in [5.74, 6) is 0.444. The molecule has 0 radical (unpaired) electrons. The van der Waals surface area contributed by atoms with E-state index >= 15 is 0 Å². The number of methoxy groups -OCH3 is 1. The van der Waals surface area contributed by atoms with Gasteiger partial charge in [-0.3, -0.25) is 24.2 Å². The number of fused-ring (bicyclic) bond motifs is 1. The average Bonchev–Trinajstić information content (AvgIpc) is 3.17. The van der Waals surface area contributed by atoms with Crippen LogP contribution in [0.5, 0.6) is 5.75 Å². The fraction of sp³-hybridized carbons (Fsp3) is 0.464. The molecule has 3 aliphatic rings. The van der Waals surface area contributed by atoms with Gasteiger partial charge in [0, 0.05) is 26.2 Å². The zero-order valence-electron chi connectivity index (χ0n) is 20.8. The molecule has 3 amide bonds. The Morgan fingerprint density at radius 2 is 1.64 bits per heavy atom. The Hall–Kier alpha value is -3.23. The second-order valence-electron chi connectivity index (χ2n) is 9.75. The third-order valence-corrected chi connectivity index (χ3v) is 7.57. The van der Waals surface area contributed by atoms with Crippen molar-refractivity contribution in [2.75, 3.05) is 53.0 Å². The highest BCUT2D eigenvalue weighted by Crippen LogP contribution is 2.29. The van der Waals surface area contributed by atoms with Gasteiger partial charge in [-0.1, -0.05) is 18.2 Å². The van der Waals surface area contributed by atoms with Crippen molar-refractivity contribution in [3.05, 3.63) is 64.7 Å². The van der Waals surface area contributed by atoms with Crippen LogP contribution in [0.3, 0.4) is 0 Å². The van der Waals surface area contributed by atoms with E-state index in [1.54, 1.807) is 49.6 Å². The largest absolute Gasteiger partial charge is 0.496 e. The first-order chi connectivity index (χ1) is 17.5. The number of ether oxygens (including phenoxy) is 2. The number of carbonyl (C=O) groups is 3. The van der Waals surface area contributed by atoms with Crippen molar-refractivity contribution in [3.8, 4) is 5.75 Å². The molecule has 0 N–H and O–H groups in total. The number of carbonyl (C=O) groups excluding carboxylic acids is 3. The molecule has 5 rings (SSSR count). The van der Waals surface area contributed by atoms with Gasteiger partial charge in [-0.25, -0.2) is 0 Å². The first kappa shape index (κ1) is 24.5. The summed E-state index contributed by atoms with van der Waals surface area (Å²) in [5.41, 5.74) is 2.03. The number of amides is 3. The Labute approximate surface area is 211 Å². The summed E-state index contributed by atoms with van der Waals surface area (Å²) < 4.78 is 10.9. The van der Waals surface area contributed by atoms with Crippen LogP contribution in [-0.4, -0.2) is 85.5 Å². The van der Waals surface area contributed by atoms with Crippen LogP contribution in [0.4, 0.5) is 0 Å². The first-order valence-electron chi connectivity index (χ1n) is 12.8. The lowest BCUT2D eigenvalue weighted by molar-refractivity contribution is 0.0332. The first-order valence-corrected chi connectivity index (χ1v) is 12.8. The third kappa shape index (κ3) is 5.01. The van der Waals surface area contributed by atoms with Gasteiger partial charge < -0.3 is 14.4 Å². The predicted molar refractivity (Wildman–Crippen MR) is 134 cm³/mol. The number of rotatable bonds is 7. The van der Waals surface area contributed by atoms with E-state index in [0.29, 0.717) is 33.9 Å². The van der Waals surface area contributed by atoms with Crippen LogP contribution in [0, 0.1) is 5.92 Å². The number of piperidine rings is 1. The molecular formula is C28H33N3O5. The fourth-order valence-electron chi connectivity index (χ4n) is 5.37.